The standard InChI is InChI=1S/C12H13O4/c1-15-11(13)7-8-12(14)16-9-10-5-3-2-4-6-10/h2-6H,1,7-9H2. The number of hydrogen-bond donors (Lipinski definition) is 0. The van der Waals surface area contributed by atoms with Crippen LogP contribution in [-0.4, -0.2) is 11.9 Å². The third-order valence-electron chi connectivity index (χ3n) is 1.94. The molecule has 0 aliphatic rings. The summed E-state index contributed by atoms with van der Waals surface area (Å²) in [5.41, 5.74) is 0.913. The fourth-order valence-electron chi connectivity index (χ4n) is 1.09. The average Bonchev–Trinajstić information content (AvgIpc) is 2.34. The molecule has 0 aromatic heterocycles. The monoisotopic (exact) mass is 221 g/mol. The van der Waals surface area contributed by atoms with Gasteiger partial charge in [0.05, 0.1) is 12.8 Å². The molecule has 0 atom stereocenters. The lowest BCUT2D eigenvalue weighted by atomic mass is 10.2. The maximum Gasteiger partial charge on any atom is 0.306 e. The van der Waals surface area contributed by atoms with Gasteiger partial charge in [-0.3, -0.25) is 9.59 Å². The van der Waals surface area contributed by atoms with E-state index in [4.69, 9.17) is 4.74 Å². The van der Waals surface area contributed by atoms with Crippen LogP contribution in [0.15, 0.2) is 30.3 Å². The van der Waals surface area contributed by atoms with E-state index in [0.29, 0.717) is 0 Å². The van der Waals surface area contributed by atoms with Gasteiger partial charge >= 0.3 is 11.9 Å². The summed E-state index contributed by atoms with van der Waals surface area (Å²) < 4.78 is 9.12. The smallest absolute Gasteiger partial charge is 0.306 e. The molecule has 1 aromatic rings. The Morgan fingerprint density at radius 2 is 1.69 bits per heavy atom. The summed E-state index contributed by atoms with van der Waals surface area (Å²) in [6.45, 7) is 0.221. The first-order valence-electron chi connectivity index (χ1n) is 4.87. The molecule has 0 unspecified atom stereocenters. The first-order valence-corrected chi connectivity index (χ1v) is 4.87. The minimum absolute atomic E-state index is 0.00285. The van der Waals surface area contributed by atoms with Crippen molar-refractivity contribution in [1.82, 2.24) is 0 Å². The Bertz CT molecular complexity index is 345. The van der Waals surface area contributed by atoms with Gasteiger partial charge in [-0.2, -0.15) is 0 Å². The molecule has 0 aliphatic heterocycles. The molecule has 0 saturated carbocycles. The zero-order valence-corrected chi connectivity index (χ0v) is 8.85. The van der Waals surface area contributed by atoms with Crippen molar-refractivity contribution >= 4 is 11.9 Å². The molecule has 0 spiro atoms. The van der Waals surface area contributed by atoms with Crippen LogP contribution in [0.3, 0.4) is 0 Å². The molecule has 4 nitrogen and oxygen atoms in total. The molecule has 0 fully saturated rings. The van der Waals surface area contributed by atoms with E-state index >= 15 is 0 Å². The number of rotatable bonds is 5. The quantitative estimate of drug-likeness (QED) is 0.712. The Morgan fingerprint density at radius 1 is 1.06 bits per heavy atom. The second-order valence-electron chi connectivity index (χ2n) is 3.16. The Morgan fingerprint density at radius 3 is 2.31 bits per heavy atom. The minimum Gasteiger partial charge on any atom is -0.462 e. The Kier molecular flexibility index (Phi) is 5.05. The zero-order valence-electron chi connectivity index (χ0n) is 8.85. The molecule has 1 radical (unpaired) electrons. The van der Waals surface area contributed by atoms with E-state index in [2.05, 4.69) is 11.8 Å². The summed E-state index contributed by atoms with van der Waals surface area (Å²) in [7, 11) is 2.96. The summed E-state index contributed by atoms with van der Waals surface area (Å²) in [6.07, 6.45) is 0.0122. The summed E-state index contributed by atoms with van der Waals surface area (Å²) in [4.78, 5) is 21.9. The van der Waals surface area contributed by atoms with Crippen molar-refractivity contribution in [3.05, 3.63) is 43.0 Å². The molecule has 0 amide bonds. The van der Waals surface area contributed by atoms with Crippen molar-refractivity contribution < 1.29 is 19.1 Å². The molecule has 4 heteroatoms. The highest BCUT2D eigenvalue weighted by Gasteiger charge is 2.07. The summed E-state index contributed by atoms with van der Waals surface area (Å²) in [5.74, 6) is -0.939. The fraction of sp³-hybridized carbons (Fsp3) is 0.250. The molecular formula is C12H13O4. The van der Waals surface area contributed by atoms with E-state index in [1.807, 2.05) is 30.3 Å². The van der Waals surface area contributed by atoms with Gasteiger partial charge in [0.15, 0.2) is 0 Å². The van der Waals surface area contributed by atoms with Crippen LogP contribution in [0.2, 0.25) is 0 Å². The number of esters is 2. The van der Waals surface area contributed by atoms with Crippen LogP contribution in [0.5, 0.6) is 0 Å². The van der Waals surface area contributed by atoms with Crippen LogP contribution in [0.25, 0.3) is 0 Å². The third kappa shape index (κ3) is 4.59. The largest absolute Gasteiger partial charge is 0.462 e. The van der Waals surface area contributed by atoms with Crippen LogP contribution in [0.1, 0.15) is 18.4 Å². The Hall–Kier alpha value is -1.84. The highest BCUT2D eigenvalue weighted by atomic mass is 16.5. The molecule has 85 valence electrons. The van der Waals surface area contributed by atoms with Gasteiger partial charge in [-0.1, -0.05) is 30.3 Å². The van der Waals surface area contributed by atoms with Gasteiger partial charge in [-0.05, 0) is 5.56 Å². The lowest BCUT2D eigenvalue weighted by molar-refractivity contribution is -0.149. The molecule has 0 heterocycles. The van der Waals surface area contributed by atoms with E-state index in [1.54, 1.807) is 0 Å². The summed E-state index contributed by atoms with van der Waals surface area (Å²) in [5, 5.41) is 0. The second-order valence-corrected chi connectivity index (χ2v) is 3.16. The summed E-state index contributed by atoms with van der Waals surface area (Å²) in [6, 6.07) is 9.33. The SMILES string of the molecule is [CH2]OC(=O)CCC(=O)OCc1ccccc1. The molecule has 0 N–H and O–H groups in total. The Balaban J connectivity index is 2.23. The fourth-order valence-corrected chi connectivity index (χ4v) is 1.09. The maximum absolute atomic E-state index is 11.2. The highest BCUT2D eigenvalue weighted by molar-refractivity contribution is 5.77. The van der Waals surface area contributed by atoms with Crippen LogP contribution in [-0.2, 0) is 25.7 Å². The van der Waals surface area contributed by atoms with Crippen molar-refractivity contribution in [3.8, 4) is 0 Å². The predicted molar refractivity (Wildman–Crippen MR) is 56.9 cm³/mol. The van der Waals surface area contributed by atoms with Crippen LogP contribution < -0.4 is 0 Å². The highest BCUT2D eigenvalue weighted by Crippen LogP contribution is 2.03. The maximum atomic E-state index is 11.2. The van der Waals surface area contributed by atoms with Crippen molar-refractivity contribution in [2.75, 3.05) is 0 Å². The molecule has 0 aliphatic carbocycles. The van der Waals surface area contributed by atoms with Gasteiger partial charge < -0.3 is 9.47 Å². The number of ether oxygens (including phenoxy) is 2. The molecule has 16 heavy (non-hydrogen) atoms. The van der Waals surface area contributed by atoms with Gasteiger partial charge in [-0.15, -0.1) is 0 Å². The molecular weight excluding hydrogens is 208 g/mol. The lowest BCUT2D eigenvalue weighted by Gasteiger charge is -2.04. The lowest BCUT2D eigenvalue weighted by Crippen LogP contribution is -2.08. The van der Waals surface area contributed by atoms with Crippen LogP contribution >= 0.6 is 0 Å². The van der Waals surface area contributed by atoms with Crippen LogP contribution in [0.4, 0.5) is 0 Å². The van der Waals surface area contributed by atoms with Gasteiger partial charge in [0.25, 0.3) is 0 Å². The van der Waals surface area contributed by atoms with E-state index in [0.717, 1.165) is 5.56 Å². The van der Waals surface area contributed by atoms with Crippen molar-refractivity contribution in [3.63, 3.8) is 0 Å². The third-order valence-corrected chi connectivity index (χ3v) is 1.94. The van der Waals surface area contributed by atoms with Crippen molar-refractivity contribution in [2.24, 2.45) is 0 Å². The van der Waals surface area contributed by atoms with Crippen LogP contribution in [0, 0.1) is 7.11 Å². The molecule has 1 rings (SSSR count). The summed E-state index contributed by atoms with van der Waals surface area (Å²) >= 11 is 0. The van der Waals surface area contributed by atoms with E-state index in [-0.39, 0.29) is 19.4 Å². The number of benzene rings is 1. The topological polar surface area (TPSA) is 52.6 Å². The molecule has 0 saturated heterocycles. The Labute approximate surface area is 94.2 Å². The number of carbonyl (C=O) groups is 2. The van der Waals surface area contributed by atoms with Gasteiger partial charge in [0.1, 0.15) is 13.7 Å². The normalized spacial score (nSPS) is 9.56. The zero-order chi connectivity index (χ0) is 11.8. The van der Waals surface area contributed by atoms with E-state index in [1.165, 1.54) is 0 Å². The predicted octanol–water partition coefficient (Wildman–Crippen LogP) is 1.84. The first kappa shape index (κ1) is 12.2. The molecule has 0 bridgehead atoms. The van der Waals surface area contributed by atoms with Crippen molar-refractivity contribution in [1.29, 1.82) is 0 Å². The van der Waals surface area contributed by atoms with Gasteiger partial charge in [-0.25, -0.2) is 0 Å². The first-order chi connectivity index (χ1) is 7.72. The second kappa shape index (κ2) is 6.61. The average molecular weight is 221 g/mol. The van der Waals surface area contributed by atoms with E-state index < -0.39 is 11.9 Å². The number of carbonyl (C=O) groups excluding carboxylic acids is 2. The van der Waals surface area contributed by atoms with E-state index in [9.17, 15) is 9.59 Å². The molecule has 1 aromatic carbocycles. The van der Waals surface area contributed by atoms with Crippen molar-refractivity contribution in [2.45, 2.75) is 19.4 Å². The minimum atomic E-state index is -0.517. The van der Waals surface area contributed by atoms with Gasteiger partial charge in [0.2, 0.25) is 0 Å². The van der Waals surface area contributed by atoms with Gasteiger partial charge in [0, 0.05) is 0 Å². The number of hydrogen-bond acceptors (Lipinski definition) is 4.